The SMILES string of the molecule is CC(C)[C@H](NC(=O)[C@@H]1CCCN1C(=O)[C@H](CCCCN)NC(=O)N(CCCl)N=O)C(N)=O.Cl. The molecular formula is C19H35Cl2N7O5. The highest BCUT2D eigenvalue weighted by molar-refractivity contribution is 6.18. The van der Waals surface area contributed by atoms with Crippen LogP contribution in [-0.4, -0.2) is 77.3 Å². The third-order valence-electron chi connectivity index (χ3n) is 5.28. The second-order valence-electron chi connectivity index (χ2n) is 8.00. The van der Waals surface area contributed by atoms with Crippen molar-refractivity contribution >= 4 is 47.8 Å². The summed E-state index contributed by atoms with van der Waals surface area (Å²) in [6.07, 6.45) is 2.47. The molecule has 0 aromatic carbocycles. The van der Waals surface area contributed by atoms with Crippen LogP contribution in [0.25, 0.3) is 0 Å². The van der Waals surface area contributed by atoms with E-state index >= 15 is 0 Å². The topological polar surface area (TPSA) is 180 Å². The fourth-order valence-electron chi connectivity index (χ4n) is 3.55. The predicted octanol–water partition coefficient (Wildman–Crippen LogP) is 0.455. The lowest BCUT2D eigenvalue weighted by molar-refractivity contribution is -0.141. The molecule has 0 radical (unpaired) electrons. The highest BCUT2D eigenvalue weighted by Crippen LogP contribution is 2.20. The lowest BCUT2D eigenvalue weighted by atomic mass is 10.0. The second-order valence-corrected chi connectivity index (χ2v) is 8.38. The Kier molecular flexibility index (Phi) is 14.6. The molecule has 12 nitrogen and oxygen atoms in total. The number of unbranched alkanes of at least 4 members (excludes halogenated alkanes) is 1. The van der Waals surface area contributed by atoms with E-state index in [9.17, 15) is 24.1 Å². The van der Waals surface area contributed by atoms with Gasteiger partial charge >= 0.3 is 6.03 Å². The second kappa shape index (κ2) is 15.6. The average molecular weight is 512 g/mol. The van der Waals surface area contributed by atoms with Crippen LogP contribution in [0.4, 0.5) is 4.79 Å². The van der Waals surface area contributed by atoms with Crippen LogP contribution >= 0.6 is 24.0 Å². The van der Waals surface area contributed by atoms with E-state index in [4.69, 9.17) is 23.1 Å². The van der Waals surface area contributed by atoms with E-state index in [1.165, 1.54) is 4.90 Å². The van der Waals surface area contributed by atoms with Gasteiger partial charge in [-0.15, -0.1) is 28.9 Å². The Morgan fingerprint density at radius 1 is 1.21 bits per heavy atom. The zero-order valence-electron chi connectivity index (χ0n) is 19.0. The van der Waals surface area contributed by atoms with Crippen LogP contribution in [0.5, 0.6) is 0 Å². The third kappa shape index (κ3) is 9.30. The number of urea groups is 1. The Morgan fingerprint density at radius 2 is 1.88 bits per heavy atom. The molecule has 0 saturated carbocycles. The number of nitroso groups, excluding NO2 is 1. The molecule has 0 aliphatic carbocycles. The molecule has 6 N–H and O–H groups in total. The van der Waals surface area contributed by atoms with Gasteiger partial charge in [-0.2, -0.15) is 5.01 Å². The molecule has 190 valence electrons. The van der Waals surface area contributed by atoms with Crippen LogP contribution in [0.1, 0.15) is 46.0 Å². The van der Waals surface area contributed by atoms with Crippen molar-refractivity contribution in [1.29, 1.82) is 0 Å². The Balaban J connectivity index is 0.0000102. The summed E-state index contributed by atoms with van der Waals surface area (Å²) in [7, 11) is 0. The molecule has 5 amide bonds. The number of nitrogens with two attached hydrogens (primary N) is 2. The van der Waals surface area contributed by atoms with Gasteiger partial charge in [0.2, 0.25) is 17.7 Å². The number of carbonyl (C=O) groups is 4. The zero-order valence-corrected chi connectivity index (χ0v) is 20.6. The molecule has 0 bridgehead atoms. The van der Waals surface area contributed by atoms with Gasteiger partial charge in [-0.05, 0) is 44.6 Å². The van der Waals surface area contributed by atoms with Crippen LogP contribution in [0.3, 0.4) is 0 Å². The van der Waals surface area contributed by atoms with Gasteiger partial charge < -0.3 is 27.0 Å². The molecule has 1 aliphatic rings. The van der Waals surface area contributed by atoms with Gasteiger partial charge in [-0.3, -0.25) is 14.4 Å². The summed E-state index contributed by atoms with van der Waals surface area (Å²) in [6, 6.07) is -3.47. The maximum Gasteiger partial charge on any atom is 0.341 e. The monoisotopic (exact) mass is 511 g/mol. The van der Waals surface area contributed by atoms with E-state index in [1.807, 2.05) is 0 Å². The van der Waals surface area contributed by atoms with Gasteiger partial charge in [-0.1, -0.05) is 13.8 Å². The van der Waals surface area contributed by atoms with Gasteiger partial charge in [-0.25, -0.2) is 4.79 Å². The average Bonchev–Trinajstić information content (AvgIpc) is 3.23. The number of hydrogen-bond acceptors (Lipinski definition) is 7. The summed E-state index contributed by atoms with van der Waals surface area (Å²) < 4.78 is 0. The normalized spacial score (nSPS) is 17.0. The quantitative estimate of drug-likeness (QED) is 0.120. The van der Waals surface area contributed by atoms with Crippen molar-refractivity contribution in [2.24, 2.45) is 22.7 Å². The molecule has 3 atom stereocenters. The summed E-state index contributed by atoms with van der Waals surface area (Å²) >= 11 is 5.58. The lowest BCUT2D eigenvalue weighted by Crippen LogP contribution is -2.57. The summed E-state index contributed by atoms with van der Waals surface area (Å²) in [5.41, 5.74) is 10.9. The number of nitrogens with zero attached hydrogens (tertiary/aromatic N) is 3. The molecule has 1 saturated heterocycles. The first-order chi connectivity index (χ1) is 15.2. The van der Waals surface area contributed by atoms with Crippen LogP contribution < -0.4 is 22.1 Å². The number of likely N-dealkylation sites (tertiary alicyclic amines) is 1. The first-order valence-corrected chi connectivity index (χ1v) is 11.3. The number of nitrogens with one attached hydrogen (secondary N) is 2. The van der Waals surface area contributed by atoms with Gasteiger partial charge in [0.25, 0.3) is 0 Å². The van der Waals surface area contributed by atoms with Crippen LogP contribution in [0.15, 0.2) is 5.29 Å². The summed E-state index contributed by atoms with van der Waals surface area (Å²) in [5.74, 6) is -1.80. The molecule has 1 heterocycles. The van der Waals surface area contributed by atoms with Gasteiger partial charge in [0.1, 0.15) is 18.1 Å². The van der Waals surface area contributed by atoms with E-state index in [-0.39, 0.29) is 37.2 Å². The third-order valence-corrected chi connectivity index (χ3v) is 5.45. The number of amides is 5. The summed E-state index contributed by atoms with van der Waals surface area (Å²) in [5, 5.41) is 8.38. The molecule has 0 spiro atoms. The maximum atomic E-state index is 13.3. The Labute approximate surface area is 204 Å². The summed E-state index contributed by atoms with van der Waals surface area (Å²) in [4.78, 5) is 62.4. The van der Waals surface area contributed by atoms with Crippen LogP contribution in [-0.2, 0) is 14.4 Å². The van der Waals surface area contributed by atoms with E-state index in [2.05, 4.69) is 15.9 Å². The van der Waals surface area contributed by atoms with Crippen molar-refractivity contribution in [3.05, 3.63) is 4.91 Å². The zero-order chi connectivity index (χ0) is 24.3. The largest absolute Gasteiger partial charge is 0.368 e. The van der Waals surface area contributed by atoms with E-state index < -0.39 is 41.9 Å². The number of primary amides is 1. The highest BCUT2D eigenvalue weighted by atomic mass is 35.5. The Bertz CT molecular complexity index is 683. The van der Waals surface area contributed by atoms with Crippen molar-refractivity contribution in [2.75, 3.05) is 25.5 Å². The minimum absolute atomic E-state index is 0. The summed E-state index contributed by atoms with van der Waals surface area (Å²) in [6.45, 7) is 4.13. The Morgan fingerprint density at radius 3 is 2.39 bits per heavy atom. The minimum atomic E-state index is -0.973. The van der Waals surface area contributed by atoms with Crippen LogP contribution in [0.2, 0.25) is 0 Å². The number of carbonyl (C=O) groups excluding carboxylic acids is 4. The number of rotatable bonds is 13. The maximum absolute atomic E-state index is 13.3. The van der Waals surface area contributed by atoms with Crippen LogP contribution in [0, 0.1) is 10.8 Å². The number of hydrogen-bond donors (Lipinski definition) is 4. The first kappa shape index (κ1) is 30.8. The predicted molar refractivity (Wildman–Crippen MR) is 126 cm³/mol. The molecule has 0 aromatic heterocycles. The van der Waals surface area contributed by atoms with E-state index in [1.54, 1.807) is 13.8 Å². The molecular weight excluding hydrogens is 477 g/mol. The van der Waals surface area contributed by atoms with E-state index in [0.29, 0.717) is 43.8 Å². The Hall–Kier alpha value is -2.18. The van der Waals surface area contributed by atoms with Crippen molar-refractivity contribution in [1.82, 2.24) is 20.5 Å². The highest BCUT2D eigenvalue weighted by Gasteiger charge is 2.39. The van der Waals surface area contributed by atoms with Crippen molar-refractivity contribution < 1.29 is 19.2 Å². The molecule has 1 aliphatic heterocycles. The molecule has 0 aromatic rings. The van der Waals surface area contributed by atoms with Gasteiger partial charge in [0.05, 0.1) is 11.8 Å². The fraction of sp³-hybridized carbons (Fsp3) is 0.789. The van der Waals surface area contributed by atoms with Gasteiger partial charge in [0.15, 0.2) is 0 Å². The smallest absolute Gasteiger partial charge is 0.341 e. The molecule has 1 fully saturated rings. The molecule has 1 rings (SSSR count). The van der Waals surface area contributed by atoms with Crippen molar-refractivity contribution in [2.45, 2.75) is 64.1 Å². The number of alkyl halides is 1. The van der Waals surface area contributed by atoms with Gasteiger partial charge in [0, 0.05) is 12.4 Å². The standard InChI is InChI=1S/C19H34ClN7O5.ClH/c1-12(2)15(16(22)28)24-17(29)14-7-5-10-26(14)18(30)13(6-3-4-9-21)23-19(31)27(25-32)11-8-20;/h12-15H,3-11,21H2,1-2H3,(H2,22,28)(H,23,31)(H,24,29);1H/t13-,14-,15-;/m0./s1. The first-order valence-electron chi connectivity index (χ1n) is 10.7. The number of halogens is 2. The van der Waals surface area contributed by atoms with Crippen molar-refractivity contribution in [3.8, 4) is 0 Å². The molecule has 14 heteroatoms. The molecule has 0 unspecified atom stereocenters. The van der Waals surface area contributed by atoms with Crippen molar-refractivity contribution in [3.63, 3.8) is 0 Å². The lowest BCUT2D eigenvalue weighted by Gasteiger charge is -2.30. The molecule has 33 heavy (non-hydrogen) atoms. The van der Waals surface area contributed by atoms with E-state index in [0.717, 1.165) is 0 Å². The fourth-order valence-corrected chi connectivity index (χ4v) is 3.71. The minimum Gasteiger partial charge on any atom is -0.368 e.